The Morgan fingerprint density at radius 2 is 2.32 bits per heavy atom. The molecule has 6 heteroatoms. The highest BCUT2D eigenvalue weighted by molar-refractivity contribution is 7.09. The normalized spacial score (nSPS) is 16.0. The fourth-order valence-electron chi connectivity index (χ4n) is 2.43. The molecule has 0 aromatic carbocycles. The smallest absolute Gasteiger partial charge is 0.244 e. The summed E-state index contributed by atoms with van der Waals surface area (Å²) >= 11 is 1.56. The number of hydrogen-bond acceptors (Lipinski definition) is 4. The average molecular weight is 321 g/mol. The van der Waals surface area contributed by atoms with Gasteiger partial charge < -0.3 is 10.2 Å². The molecular formula is C16H23N3O2S. The van der Waals surface area contributed by atoms with Crippen molar-refractivity contribution in [3.63, 3.8) is 0 Å². The third-order valence-electron chi connectivity index (χ3n) is 3.62. The van der Waals surface area contributed by atoms with E-state index in [1.807, 2.05) is 17.2 Å². The van der Waals surface area contributed by atoms with Crippen LogP contribution in [0.15, 0.2) is 11.5 Å². The zero-order valence-corrected chi connectivity index (χ0v) is 13.8. The van der Waals surface area contributed by atoms with Crippen molar-refractivity contribution < 1.29 is 9.59 Å². The molecule has 0 aliphatic carbocycles. The number of nitrogens with one attached hydrogen (secondary N) is 1. The van der Waals surface area contributed by atoms with Crippen LogP contribution in [0.2, 0.25) is 0 Å². The minimum absolute atomic E-state index is 0.118. The molecular weight excluding hydrogens is 298 g/mol. The molecule has 2 heterocycles. The third kappa shape index (κ3) is 5.60. The number of rotatable bonds is 6. The van der Waals surface area contributed by atoms with Crippen LogP contribution in [0.5, 0.6) is 0 Å². The molecule has 1 aliphatic rings. The van der Waals surface area contributed by atoms with E-state index in [4.69, 9.17) is 0 Å². The number of carbonyl (C=O) groups excluding carboxylic acids is 2. The standard InChI is InChI=1S/C16H23N3O2S/c1-13-18-14(12-22-13)7-8-15(20)17-9-5-11-19-10-4-2-3-6-16(19)21/h7-8,12H,2-6,9-11H2,1H3,(H,17,20)/b8-7+. The Hall–Kier alpha value is -1.69. The van der Waals surface area contributed by atoms with Crippen LogP contribution in [-0.2, 0) is 9.59 Å². The van der Waals surface area contributed by atoms with Crippen LogP contribution >= 0.6 is 11.3 Å². The van der Waals surface area contributed by atoms with Crippen LogP contribution in [0.25, 0.3) is 6.08 Å². The Bertz CT molecular complexity index is 539. The van der Waals surface area contributed by atoms with Crippen molar-refractivity contribution in [1.29, 1.82) is 0 Å². The second kappa shape index (κ2) is 8.68. The van der Waals surface area contributed by atoms with E-state index >= 15 is 0 Å². The lowest BCUT2D eigenvalue weighted by atomic mass is 10.2. The first-order valence-corrected chi connectivity index (χ1v) is 8.69. The first-order chi connectivity index (χ1) is 10.6. The monoisotopic (exact) mass is 321 g/mol. The van der Waals surface area contributed by atoms with E-state index in [1.165, 1.54) is 6.08 Å². The van der Waals surface area contributed by atoms with Crippen molar-refractivity contribution in [3.8, 4) is 0 Å². The van der Waals surface area contributed by atoms with Crippen molar-refractivity contribution in [2.75, 3.05) is 19.6 Å². The van der Waals surface area contributed by atoms with E-state index < -0.39 is 0 Å². The number of hydrogen-bond donors (Lipinski definition) is 1. The van der Waals surface area contributed by atoms with Gasteiger partial charge in [-0.05, 0) is 32.3 Å². The molecule has 2 amide bonds. The Kier molecular flexibility index (Phi) is 6.58. The molecule has 5 nitrogen and oxygen atoms in total. The van der Waals surface area contributed by atoms with Crippen molar-refractivity contribution in [3.05, 3.63) is 22.2 Å². The summed E-state index contributed by atoms with van der Waals surface area (Å²) in [5.41, 5.74) is 0.813. The highest BCUT2D eigenvalue weighted by Crippen LogP contribution is 2.11. The van der Waals surface area contributed by atoms with Gasteiger partial charge in [0.25, 0.3) is 0 Å². The highest BCUT2D eigenvalue weighted by Gasteiger charge is 2.15. The van der Waals surface area contributed by atoms with E-state index in [0.717, 1.165) is 49.5 Å². The maximum atomic E-state index is 11.8. The van der Waals surface area contributed by atoms with Gasteiger partial charge in [0.05, 0.1) is 10.7 Å². The summed E-state index contributed by atoms with van der Waals surface area (Å²) in [5.74, 6) is 0.135. The first-order valence-electron chi connectivity index (χ1n) is 7.81. The van der Waals surface area contributed by atoms with Gasteiger partial charge in [-0.3, -0.25) is 9.59 Å². The van der Waals surface area contributed by atoms with Gasteiger partial charge in [-0.1, -0.05) is 6.42 Å². The largest absolute Gasteiger partial charge is 0.352 e. The molecule has 0 unspecified atom stereocenters. The van der Waals surface area contributed by atoms with E-state index in [1.54, 1.807) is 17.4 Å². The van der Waals surface area contributed by atoms with Gasteiger partial charge in [-0.2, -0.15) is 0 Å². The number of carbonyl (C=O) groups is 2. The predicted octanol–water partition coefficient (Wildman–Crippen LogP) is 2.37. The summed E-state index contributed by atoms with van der Waals surface area (Å²) in [6.07, 6.45) is 7.92. The topological polar surface area (TPSA) is 62.3 Å². The summed E-state index contributed by atoms with van der Waals surface area (Å²) < 4.78 is 0. The zero-order chi connectivity index (χ0) is 15.8. The van der Waals surface area contributed by atoms with Gasteiger partial charge in [-0.25, -0.2) is 4.98 Å². The van der Waals surface area contributed by atoms with Gasteiger partial charge in [0.15, 0.2) is 0 Å². The quantitative estimate of drug-likeness (QED) is 0.646. The van der Waals surface area contributed by atoms with Gasteiger partial charge in [0, 0.05) is 37.5 Å². The maximum absolute atomic E-state index is 11.8. The summed E-state index contributed by atoms with van der Waals surface area (Å²) in [7, 11) is 0. The minimum atomic E-state index is -0.118. The molecule has 0 saturated carbocycles. The number of likely N-dealkylation sites (tertiary alicyclic amines) is 1. The molecule has 1 saturated heterocycles. The SMILES string of the molecule is Cc1nc(/C=C/C(=O)NCCCN2CCCCCC2=O)cs1. The molecule has 0 radical (unpaired) electrons. The molecule has 0 bridgehead atoms. The van der Waals surface area contributed by atoms with E-state index in [2.05, 4.69) is 10.3 Å². The van der Waals surface area contributed by atoms with Crippen molar-refractivity contribution in [2.45, 2.75) is 39.0 Å². The van der Waals surface area contributed by atoms with Gasteiger partial charge in [0.1, 0.15) is 0 Å². The Labute approximate surface area is 135 Å². The molecule has 1 fully saturated rings. The van der Waals surface area contributed by atoms with Crippen LogP contribution in [0.1, 0.15) is 42.8 Å². The second-order valence-corrected chi connectivity index (χ2v) is 6.52. The summed E-state index contributed by atoms with van der Waals surface area (Å²) in [4.78, 5) is 29.7. The second-order valence-electron chi connectivity index (χ2n) is 5.46. The van der Waals surface area contributed by atoms with Crippen molar-refractivity contribution >= 4 is 29.2 Å². The number of amides is 2. The predicted molar refractivity (Wildman–Crippen MR) is 88.6 cm³/mol. The fourth-order valence-corrected chi connectivity index (χ4v) is 3.01. The van der Waals surface area contributed by atoms with E-state index in [-0.39, 0.29) is 11.8 Å². The molecule has 120 valence electrons. The molecule has 1 aliphatic heterocycles. The number of aromatic nitrogens is 1. The molecule has 0 atom stereocenters. The number of thiazole rings is 1. The first kappa shape index (κ1) is 16.7. The Balaban J connectivity index is 1.64. The zero-order valence-electron chi connectivity index (χ0n) is 13.0. The fraction of sp³-hybridized carbons (Fsp3) is 0.562. The van der Waals surface area contributed by atoms with E-state index in [9.17, 15) is 9.59 Å². The Morgan fingerprint density at radius 3 is 3.09 bits per heavy atom. The van der Waals surface area contributed by atoms with Gasteiger partial charge in [-0.15, -0.1) is 11.3 Å². The molecule has 1 N–H and O–H groups in total. The van der Waals surface area contributed by atoms with Crippen LogP contribution in [0, 0.1) is 6.92 Å². The average Bonchev–Trinajstić information content (AvgIpc) is 2.81. The van der Waals surface area contributed by atoms with Crippen molar-refractivity contribution in [1.82, 2.24) is 15.2 Å². The molecule has 2 rings (SSSR count). The van der Waals surface area contributed by atoms with Crippen LogP contribution in [-0.4, -0.2) is 41.3 Å². The van der Waals surface area contributed by atoms with Crippen molar-refractivity contribution in [2.24, 2.45) is 0 Å². The molecule has 1 aromatic heterocycles. The lowest BCUT2D eigenvalue weighted by Gasteiger charge is -2.20. The number of nitrogens with zero attached hydrogens (tertiary/aromatic N) is 2. The summed E-state index contributed by atoms with van der Waals surface area (Å²) in [6.45, 7) is 4.11. The van der Waals surface area contributed by atoms with Crippen LogP contribution < -0.4 is 5.32 Å². The molecule has 0 spiro atoms. The van der Waals surface area contributed by atoms with Crippen LogP contribution in [0.4, 0.5) is 0 Å². The summed E-state index contributed by atoms with van der Waals surface area (Å²) in [5, 5.41) is 5.75. The molecule has 22 heavy (non-hydrogen) atoms. The lowest BCUT2D eigenvalue weighted by molar-refractivity contribution is -0.130. The minimum Gasteiger partial charge on any atom is -0.352 e. The highest BCUT2D eigenvalue weighted by atomic mass is 32.1. The number of aryl methyl sites for hydroxylation is 1. The van der Waals surface area contributed by atoms with Gasteiger partial charge >= 0.3 is 0 Å². The molecule has 1 aromatic rings. The summed E-state index contributed by atoms with van der Waals surface area (Å²) in [6, 6.07) is 0. The maximum Gasteiger partial charge on any atom is 0.244 e. The van der Waals surface area contributed by atoms with Gasteiger partial charge in [0.2, 0.25) is 11.8 Å². The third-order valence-corrected chi connectivity index (χ3v) is 4.41. The Morgan fingerprint density at radius 1 is 1.45 bits per heavy atom. The van der Waals surface area contributed by atoms with Crippen LogP contribution in [0.3, 0.4) is 0 Å². The van der Waals surface area contributed by atoms with E-state index in [0.29, 0.717) is 13.0 Å². The lowest BCUT2D eigenvalue weighted by Crippen LogP contribution is -2.33.